The minimum absolute atomic E-state index is 0.0835. The van der Waals surface area contributed by atoms with Crippen LogP contribution >= 0.6 is 11.8 Å². The Morgan fingerprint density at radius 2 is 1.62 bits per heavy atom. The third-order valence-electron chi connectivity index (χ3n) is 2.46. The fraction of sp³-hybridized carbons (Fsp3) is 0. The predicted molar refractivity (Wildman–Crippen MR) is 71.1 cm³/mol. The highest BCUT2D eigenvalue weighted by Gasteiger charge is 2.33. The molecule has 2 aromatic rings. The van der Waals surface area contributed by atoms with Gasteiger partial charge < -0.3 is 0 Å². The van der Waals surface area contributed by atoms with Crippen LogP contribution in [0.2, 0.25) is 0 Å². The molecule has 0 aromatic heterocycles. The topological polar surface area (TPSA) is 0 Å². The number of rotatable bonds is 1. The van der Waals surface area contributed by atoms with Crippen LogP contribution in [0.4, 0.5) is 0 Å². The minimum Gasteiger partial charge on any atom is -0.0795 e. The summed E-state index contributed by atoms with van der Waals surface area (Å²) in [4.78, 5) is 4.34. The highest BCUT2D eigenvalue weighted by molar-refractivity contribution is 8.05. The predicted octanol–water partition coefficient (Wildman–Crippen LogP) is 4.33. The molecule has 1 heterocycles. The Bertz CT molecular complexity index is 618. The number of fused-ring (bicyclic) bond motifs is 2. The van der Waals surface area contributed by atoms with Gasteiger partial charge in [0.25, 0.3) is 0 Å². The lowest BCUT2D eigenvalue weighted by atomic mass is 10.3. The maximum absolute atomic E-state index is 8.09. The third kappa shape index (κ3) is 1.49. The first-order valence-electron chi connectivity index (χ1n) is 6.43. The molecule has 0 bridgehead atoms. The molecule has 0 fully saturated rings. The van der Waals surface area contributed by atoms with Crippen molar-refractivity contribution in [3.63, 3.8) is 0 Å². The molecular weight excluding hydrogens is 232 g/mol. The molecule has 0 N–H and O–H groups in total. The van der Waals surface area contributed by atoms with Crippen LogP contribution in [-0.2, 0) is 10.9 Å². The lowest BCUT2D eigenvalue weighted by molar-refractivity contribution is 1.14. The molecular formula is C14H11S2+. The van der Waals surface area contributed by atoms with Crippen molar-refractivity contribution in [3.05, 3.63) is 60.4 Å². The van der Waals surface area contributed by atoms with E-state index in [-0.39, 0.29) is 5.38 Å². The van der Waals surface area contributed by atoms with E-state index in [4.69, 9.17) is 4.11 Å². The molecule has 0 radical (unpaired) electrons. The van der Waals surface area contributed by atoms with Gasteiger partial charge in [0.2, 0.25) is 0 Å². The summed E-state index contributed by atoms with van der Waals surface area (Å²) >= 11 is 1.69. The largest absolute Gasteiger partial charge is 0.179 e. The van der Waals surface area contributed by atoms with Crippen molar-refractivity contribution in [1.82, 2.24) is 0 Å². The molecule has 0 saturated heterocycles. The number of hydrogen-bond donors (Lipinski definition) is 0. The van der Waals surface area contributed by atoms with Gasteiger partial charge in [0.15, 0.2) is 9.79 Å². The van der Waals surface area contributed by atoms with Crippen LogP contribution in [0.5, 0.6) is 0 Å². The summed E-state index contributed by atoms with van der Waals surface area (Å²) in [5.41, 5.74) is 0. The van der Waals surface area contributed by atoms with Crippen molar-refractivity contribution in [2.75, 3.05) is 0 Å². The molecule has 2 aromatic carbocycles. The Kier molecular flexibility index (Phi) is 1.83. The molecule has 78 valence electrons. The standard InChI is InChI=1S/C14H11S2/c1-2-16-13-9-5-3-7-11(13)15-12-8-4-6-10-14(12)16/h2-10H,1H2/q+1/i1D2,2D. The van der Waals surface area contributed by atoms with Gasteiger partial charge in [0.1, 0.15) is 6.75 Å². The van der Waals surface area contributed by atoms with Crippen LogP contribution in [0, 0.1) is 0 Å². The molecule has 1 aliphatic rings. The third-order valence-corrected chi connectivity index (χ3v) is 5.67. The van der Waals surface area contributed by atoms with Gasteiger partial charge in [-0.2, -0.15) is 0 Å². The highest BCUT2D eigenvalue weighted by Crippen LogP contribution is 2.45. The van der Waals surface area contributed by atoms with Crippen LogP contribution in [0.15, 0.2) is 80.0 Å². The van der Waals surface area contributed by atoms with Gasteiger partial charge in [0, 0.05) is 0 Å². The SMILES string of the molecule is [2H]C([2H])=C([2H])[S+]1c2ccccc2Sc2ccccc21. The van der Waals surface area contributed by atoms with Crippen LogP contribution in [0.25, 0.3) is 0 Å². The molecule has 0 nitrogen and oxygen atoms in total. The van der Waals surface area contributed by atoms with Gasteiger partial charge in [-0.15, -0.1) is 0 Å². The van der Waals surface area contributed by atoms with E-state index in [9.17, 15) is 0 Å². The highest BCUT2D eigenvalue weighted by atomic mass is 32.2. The van der Waals surface area contributed by atoms with E-state index in [1.54, 1.807) is 11.8 Å². The van der Waals surface area contributed by atoms with Crippen molar-refractivity contribution in [2.45, 2.75) is 19.6 Å². The van der Waals surface area contributed by atoms with Crippen LogP contribution in [0.1, 0.15) is 4.11 Å². The van der Waals surface area contributed by atoms with E-state index in [1.165, 1.54) is 0 Å². The first-order chi connectivity index (χ1) is 9.18. The van der Waals surface area contributed by atoms with E-state index in [0.717, 1.165) is 19.6 Å². The smallest absolute Gasteiger partial charge is 0.0795 e. The lowest BCUT2D eigenvalue weighted by Gasteiger charge is -2.15. The van der Waals surface area contributed by atoms with E-state index in [2.05, 4.69) is 0 Å². The summed E-state index contributed by atoms with van der Waals surface area (Å²) in [6.07, 6.45) is 0. The maximum atomic E-state index is 8.09. The van der Waals surface area contributed by atoms with Crippen LogP contribution in [-0.4, -0.2) is 0 Å². The molecule has 1 aliphatic heterocycles. The number of hydrogen-bond acceptors (Lipinski definition) is 1. The maximum Gasteiger partial charge on any atom is 0.179 e. The van der Waals surface area contributed by atoms with Gasteiger partial charge >= 0.3 is 0 Å². The Hall–Kier alpha value is -1.12. The summed E-state index contributed by atoms with van der Waals surface area (Å²) in [5.74, 6) is 0. The minimum atomic E-state index is -0.619. The molecule has 0 spiro atoms. The zero-order chi connectivity index (χ0) is 13.4. The van der Waals surface area contributed by atoms with E-state index >= 15 is 0 Å². The van der Waals surface area contributed by atoms with Crippen LogP contribution in [0.3, 0.4) is 0 Å². The molecule has 0 saturated carbocycles. The van der Waals surface area contributed by atoms with Gasteiger partial charge in [-0.05, 0) is 24.3 Å². The monoisotopic (exact) mass is 246 g/mol. The first-order valence-corrected chi connectivity index (χ1v) is 6.97. The summed E-state index contributed by atoms with van der Waals surface area (Å²) in [6, 6.07) is 15.9. The second-order valence-electron chi connectivity index (χ2n) is 3.40. The molecule has 0 amide bonds. The van der Waals surface area contributed by atoms with Crippen molar-refractivity contribution in [2.24, 2.45) is 0 Å². The second-order valence-corrected chi connectivity index (χ2v) is 6.18. The number of benzene rings is 2. The Balaban J connectivity index is 2.25. The van der Waals surface area contributed by atoms with E-state index in [1.807, 2.05) is 48.5 Å². The Morgan fingerprint density at radius 1 is 1.06 bits per heavy atom. The van der Waals surface area contributed by atoms with Crippen molar-refractivity contribution >= 4 is 22.7 Å². The summed E-state index contributed by atoms with van der Waals surface area (Å²) in [6.45, 7) is -0.403. The van der Waals surface area contributed by atoms with Gasteiger partial charge in [0.05, 0.1) is 23.4 Å². The molecule has 2 heteroatoms. The summed E-state index contributed by atoms with van der Waals surface area (Å²) < 4.78 is 23.0. The lowest BCUT2D eigenvalue weighted by Crippen LogP contribution is -2.06. The van der Waals surface area contributed by atoms with Crippen molar-refractivity contribution in [1.29, 1.82) is 0 Å². The van der Waals surface area contributed by atoms with E-state index in [0.29, 0.717) is 0 Å². The molecule has 0 atom stereocenters. The van der Waals surface area contributed by atoms with Crippen molar-refractivity contribution < 1.29 is 4.11 Å². The zero-order valence-corrected chi connectivity index (χ0v) is 10.1. The van der Waals surface area contributed by atoms with Crippen LogP contribution < -0.4 is 0 Å². The normalized spacial score (nSPS) is 16.4. The Morgan fingerprint density at radius 3 is 2.19 bits per heavy atom. The quantitative estimate of drug-likeness (QED) is 0.675. The summed E-state index contributed by atoms with van der Waals surface area (Å²) in [5, 5.41) is 0.0835. The average Bonchev–Trinajstić information content (AvgIpc) is 2.43. The second kappa shape index (κ2) is 4.04. The van der Waals surface area contributed by atoms with Gasteiger partial charge in [-0.25, -0.2) is 0 Å². The van der Waals surface area contributed by atoms with Gasteiger partial charge in [-0.1, -0.05) is 42.6 Å². The molecule has 3 rings (SSSR count). The fourth-order valence-electron chi connectivity index (χ4n) is 1.75. The zero-order valence-electron chi connectivity index (χ0n) is 11.4. The Labute approximate surface area is 107 Å². The first kappa shape index (κ1) is 7.25. The molecule has 0 unspecified atom stereocenters. The fourth-order valence-corrected chi connectivity index (χ4v) is 4.80. The molecule has 0 aliphatic carbocycles. The average molecular weight is 246 g/mol. The van der Waals surface area contributed by atoms with E-state index < -0.39 is 17.4 Å². The molecule has 16 heavy (non-hydrogen) atoms. The summed E-state index contributed by atoms with van der Waals surface area (Å²) in [7, 11) is -0.619. The van der Waals surface area contributed by atoms with Crippen molar-refractivity contribution in [3.8, 4) is 0 Å². The van der Waals surface area contributed by atoms with Gasteiger partial charge in [-0.3, -0.25) is 0 Å².